The number of carbonyl (C=O) groups excluding carboxylic acids is 2. The molecule has 0 saturated heterocycles. The number of rotatable bonds is 13. The summed E-state index contributed by atoms with van der Waals surface area (Å²) in [6, 6.07) is 0. The van der Waals surface area contributed by atoms with E-state index in [9.17, 15) is 14.7 Å². The molecule has 0 heterocycles. The Morgan fingerprint density at radius 1 is 0.955 bits per heavy atom. The minimum Gasteiger partial charge on any atom is -0.546 e. The average molecular weight is 395 g/mol. The molecule has 0 aliphatic rings. The van der Waals surface area contributed by atoms with E-state index in [1.165, 1.54) is 0 Å². The molecule has 22 heavy (non-hydrogen) atoms. The summed E-state index contributed by atoms with van der Waals surface area (Å²) in [5, 5.41) is 11.5. The zero-order chi connectivity index (χ0) is 16.3. The average Bonchev–Trinajstić information content (AvgIpc) is 2.48. The molecule has 1 unspecified atom stereocenters. The maximum atomic E-state index is 12.6. The standard InChI is InChI=1S/C15H28O6.Zr/c1-5-9-19-13(20-10-6-2)12(16)15(8-4,14(17)18)21-11-7-3;/h13H,5-11H2,1-4H3,(H,17,18);/q;+1/p-1. The molecule has 7 heteroatoms. The predicted molar refractivity (Wildman–Crippen MR) is 75.6 cm³/mol. The Labute approximate surface area is 152 Å². The number of ether oxygens (including phenoxy) is 3. The molecule has 1 atom stereocenters. The van der Waals surface area contributed by atoms with Crippen LogP contribution in [0.4, 0.5) is 0 Å². The van der Waals surface area contributed by atoms with Gasteiger partial charge in [0.2, 0.25) is 12.1 Å². The molecular formula is C15H27O6Zr. The Balaban J connectivity index is 0. The zero-order valence-electron chi connectivity index (χ0n) is 14.0. The van der Waals surface area contributed by atoms with Crippen LogP contribution in [0, 0.1) is 0 Å². The third kappa shape index (κ3) is 6.99. The fourth-order valence-corrected chi connectivity index (χ4v) is 1.77. The van der Waals surface area contributed by atoms with Gasteiger partial charge >= 0.3 is 26.2 Å². The van der Waals surface area contributed by atoms with E-state index in [0.717, 1.165) is 0 Å². The summed E-state index contributed by atoms with van der Waals surface area (Å²) < 4.78 is 16.0. The van der Waals surface area contributed by atoms with Gasteiger partial charge in [-0.2, -0.15) is 0 Å². The van der Waals surface area contributed by atoms with E-state index in [-0.39, 0.29) is 39.2 Å². The molecule has 0 aromatic carbocycles. The van der Waals surface area contributed by atoms with Crippen LogP contribution in [0.1, 0.15) is 53.4 Å². The Hall–Kier alpha value is -0.0969. The van der Waals surface area contributed by atoms with Crippen LogP contribution in [-0.2, 0) is 50.0 Å². The zero-order valence-corrected chi connectivity index (χ0v) is 16.4. The molecule has 0 N–H and O–H groups in total. The monoisotopic (exact) mass is 393 g/mol. The van der Waals surface area contributed by atoms with Crippen LogP contribution in [0.25, 0.3) is 0 Å². The van der Waals surface area contributed by atoms with E-state index >= 15 is 0 Å². The quantitative estimate of drug-likeness (QED) is 0.343. The number of carbonyl (C=O) groups is 2. The molecule has 0 saturated carbocycles. The van der Waals surface area contributed by atoms with Crippen LogP contribution in [0.15, 0.2) is 0 Å². The third-order valence-electron chi connectivity index (χ3n) is 2.94. The molecule has 0 fully saturated rings. The summed E-state index contributed by atoms with van der Waals surface area (Å²) in [6.45, 7) is 7.95. The first-order valence-electron chi connectivity index (χ1n) is 7.62. The van der Waals surface area contributed by atoms with Gasteiger partial charge in [0.05, 0.1) is 5.97 Å². The van der Waals surface area contributed by atoms with Gasteiger partial charge in [0.1, 0.15) is 0 Å². The Kier molecular flexibility index (Phi) is 14.7. The topological polar surface area (TPSA) is 84.9 Å². The van der Waals surface area contributed by atoms with Crippen molar-refractivity contribution in [1.82, 2.24) is 0 Å². The van der Waals surface area contributed by atoms with Crippen LogP contribution in [0.5, 0.6) is 0 Å². The van der Waals surface area contributed by atoms with Crippen molar-refractivity contribution in [3.63, 3.8) is 0 Å². The molecule has 0 amide bonds. The Bertz CT molecular complexity index is 315. The van der Waals surface area contributed by atoms with Crippen molar-refractivity contribution in [2.75, 3.05) is 19.8 Å². The van der Waals surface area contributed by atoms with Crippen LogP contribution < -0.4 is 5.11 Å². The van der Waals surface area contributed by atoms with Gasteiger partial charge < -0.3 is 24.1 Å². The summed E-state index contributed by atoms with van der Waals surface area (Å²) in [5.41, 5.74) is -2.01. The van der Waals surface area contributed by atoms with Crippen molar-refractivity contribution in [3.8, 4) is 0 Å². The molecule has 0 spiro atoms. The molecule has 0 bridgehead atoms. The van der Waals surface area contributed by atoms with Gasteiger partial charge in [0, 0.05) is 19.8 Å². The normalized spacial score (nSPS) is 13.5. The van der Waals surface area contributed by atoms with Gasteiger partial charge in [-0.25, -0.2) is 0 Å². The van der Waals surface area contributed by atoms with Crippen molar-refractivity contribution < 1.29 is 55.1 Å². The van der Waals surface area contributed by atoms with E-state index in [2.05, 4.69) is 0 Å². The van der Waals surface area contributed by atoms with Crippen molar-refractivity contribution in [2.45, 2.75) is 65.3 Å². The van der Waals surface area contributed by atoms with E-state index in [4.69, 9.17) is 14.2 Å². The molecule has 6 nitrogen and oxygen atoms in total. The van der Waals surface area contributed by atoms with E-state index < -0.39 is 23.6 Å². The molecule has 0 aromatic heterocycles. The Morgan fingerprint density at radius 2 is 1.41 bits per heavy atom. The SMILES string of the molecule is CCCOC(OCCC)C(=O)C(CC)(OCCC)C(=O)[O-].[Zr+]. The second kappa shape index (κ2) is 13.4. The number of Topliss-reactive ketones (excluding diaryl/α,β-unsaturated/α-hetero) is 1. The summed E-state index contributed by atoms with van der Waals surface area (Å²) in [7, 11) is 0. The molecule has 1 radical (unpaired) electrons. The van der Waals surface area contributed by atoms with Crippen LogP contribution in [0.3, 0.4) is 0 Å². The van der Waals surface area contributed by atoms with Crippen LogP contribution in [-0.4, -0.2) is 43.5 Å². The number of carboxylic acids is 1. The molecule has 0 aliphatic heterocycles. The number of carboxylic acid groups (broad SMARTS) is 1. The first kappa shape index (κ1) is 24.2. The minimum atomic E-state index is -2.01. The second-order valence-corrected chi connectivity index (χ2v) is 4.75. The van der Waals surface area contributed by atoms with Crippen molar-refractivity contribution in [1.29, 1.82) is 0 Å². The van der Waals surface area contributed by atoms with E-state index in [1.807, 2.05) is 20.8 Å². The maximum Gasteiger partial charge on any atom is 1.00 e. The molecule has 0 rings (SSSR count). The van der Waals surface area contributed by atoms with Gasteiger partial charge in [-0.1, -0.05) is 27.7 Å². The van der Waals surface area contributed by atoms with E-state index in [1.54, 1.807) is 6.92 Å². The van der Waals surface area contributed by atoms with Crippen molar-refractivity contribution >= 4 is 11.8 Å². The molecular weight excluding hydrogens is 367 g/mol. The van der Waals surface area contributed by atoms with Gasteiger partial charge in [-0.05, 0) is 25.7 Å². The first-order valence-corrected chi connectivity index (χ1v) is 7.62. The van der Waals surface area contributed by atoms with Gasteiger partial charge in [-0.3, -0.25) is 4.79 Å². The predicted octanol–water partition coefficient (Wildman–Crippen LogP) is 1.06. The number of hydrogen-bond acceptors (Lipinski definition) is 6. The smallest absolute Gasteiger partial charge is 0.546 e. The number of aliphatic carboxylic acids is 1. The Morgan fingerprint density at radius 3 is 1.73 bits per heavy atom. The number of ketones is 1. The summed E-state index contributed by atoms with van der Waals surface area (Å²) in [5.74, 6) is -2.28. The van der Waals surface area contributed by atoms with Gasteiger partial charge in [-0.15, -0.1) is 0 Å². The summed E-state index contributed by atoms with van der Waals surface area (Å²) >= 11 is 0. The van der Waals surface area contributed by atoms with E-state index in [0.29, 0.717) is 32.5 Å². The second-order valence-electron chi connectivity index (χ2n) is 4.75. The minimum absolute atomic E-state index is 0. The first-order chi connectivity index (χ1) is 9.99. The fourth-order valence-electron chi connectivity index (χ4n) is 1.77. The molecule has 0 aliphatic carbocycles. The summed E-state index contributed by atoms with van der Waals surface area (Å²) in [6.07, 6.45) is 0.715. The number of hydrogen-bond donors (Lipinski definition) is 0. The summed E-state index contributed by atoms with van der Waals surface area (Å²) in [4.78, 5) is 24.0. The van der Waals surface area contributed by atoms with Gasteiger partial charge in [0.15, 0.2) is 5.60 Å². The largest absolute Gasteiger partial charge is 1.00 e. The molecule has 0 aromatic rings. The van der Waals surface area contributed by atoms with Crippen LogP contribution >= 0.6 is 0 Å². The van der Waals surface area contributed by atoms with Crippen molar-refractivity contribution in [2.24, 2.45) is 0 Å². The van der Waals surface area contributed by atoms with Gasteiger partial charge in [0.25, 0.3) is 0 Å². The fraction of sp³-hybridized carbons (Fsp3) is 0.867. The third-order valence-corrected chi connectivity index (χ3v) is 2.94. The maximum absolute atomic E-state index is 12.6. The van der Waals surface area contributed by atoms with Crippen LogP contribution in [0.2, 0.25) is 0 Å². The molecule has 127 valence electrons. The van der Waals surface area contributed by atoms with Crippen molar-refractivity contribution in [3.05, 3.63) is 0 Å².